The fourth-order valence-electron chi connectivity index (χ4n) is 2.38. The molecule has 0 aliphatic rings. The number of anilines is 1. The molecule has 0 aliphatic heterocycles. The quantitative estimate of drug-likeness (QED) is 0.526. The molecule has 0 bridgehead atoms. The lowest BCUT2D eigenvalue weighted by Crippen LogP contribution is -2.20. The highest BCUT2D eigenvalue weighted by molar-refractivity contribution is 7.99. The molecule has 0 atom stereocenters. The normalized spacial score (nSPS) is 10.5. The van der Waals surface area contributed by atoms with Crippen molar-refractivity contribution in [3.63, 3.8) is 0 Å². The molecule has 0 unspecified atom stereocenters. The maximum Gasteiger partial charge on any atom is 0.309 e. The second-order valence-corrected chi connectivity index (χ2v) is 6.60. The molecule has 26 heavy (non-hydrogen) atoms. The first kappa shape index (κ1) is 17.7. The van der Waals surface area contributed by atoms with Gasteiger partial charge < -0.3 is 5.32 Å². The minimum Gasteiger partial charge on any atom is -0.323 e. The average Bonchev–Trinajstić information content (AvgIpc) is 2.98. The number of carbonyl (C=O) groups is 1. The van der Waals surface area contributed by atoms with Crippen LogP contribution in [0, 0.1) is 17.0 Å². The summed E-state index contributed by atoms with van der Waals surface area (Å²) < 4.78 is 1.32. The summed E-state index contributed by atoms with van der Waals surface area (Å²) in [4.78, 5) is 24.7. The monoisotopic (exact) mass is 368 g/mol. The van der Waals surface area contributed by atoms with E-state index in [0.717, 1.165) is 16.0 Å². The lowest BCUT2D eigenvalue weighted by Gasteiger charge is -2.11. The maximum atomic E-state index is 12.4. The van der Waals surface area contributed by atoms with E-state index in [1.807, 2.05) is 54.6 Å². The van der Waals surface area contributed by atoms with Crippen LogP contribution in [0.3, 0.4) is 0 Å². The third kappa shape index (κ3) is 4.09. The molecular formula is C18H16N4O3S. The van der Waals surface area contributed by atoms with Crippen LogP contribution in [0.25, 0.3) is 0 Å². The fourth-order valence-corrected chi connectivity index (χ4v) is 3.30. The van der Waals surface area contributed by atoms with Crippen molar-refractivity contribution in [3.8, 4) is 0 Å². The number of benzene rings is 2. The first-order valence-corrected chi connectivity index (χ1v) is 8.65. The summed E-state index contributed by atoms with van der Waals surface area (Å²) in [5.41, 5.74) is 0.931. The summed E-state index contributed by atoms with van der Waals surface area (Å²) in [7, 11) is 0. The molecule has 0 aliphatic carbocycles. The van der Waals surface area contributed by atoms with Gasteiger partial charge >= 0.3 is 5.69 Å². The molecule has 0 radical (unpaired) electrons. The van der Waals surface area contributed by atoms with Gasteiger partial charge in [-0.3, -0.25) is 19.6 Å². The van der Waals surface area contributed by atoms with Crippen LogP contribution in [0.4, 0.5) is 11.4 Å². The van der Waals surface area contributed by atoms with Gasteiger partial charge in [-0.2, -0.15) is 5.10 Å². The van der Waals surface area contributed by atoms with Crippen molar-refractivity contribution in [2.75, 3.05) is 5.32 Å². The maximum absolute atomic E-state index is 12.4. The third-order valence-corrected chi connectivity index (χ3v) is 4.78. The Morgan fingerprint density at radius 1 is 1.19 bits per heavy atom. The Morgan fingerprint density at radius 2 is 1.88 bits per heavy atom. The van der Waals surface area contributed by atoms with Crippen molar-refractivity contribution in [3.05, 3.63) is 76.6 Å². The van der Waals surface area contributed by atoms with Gasteiger partial charge in [-0.05, 0) is 31.2 Å². The zero-order valence-electron chi connectivity index (χ0n) is 14.0. The molecule has 0 saturated carbocycles. The Kier molecular flexibility index (Phi) is 5.33. The Morgan fingerprint density at radius 3 is 2.58 bits per heavy atom. The fraction of sp³-hybridized carbons (Fsp3) is 0.111. The van der Waals surface area contributed by atoms with Crippen LogP contribution in [0.1, 0.15) is 5.69 Å². The van der Waals surface area contributed by atoms with Gasteiger partial charge in [0.25, 0.3) is 0 Å². The van der Waals surface area contributed by atoms with Crippen molar-refractivity contribution in [2.24, 2.45) is 0 Å². The van der Waals surface area contributed by atoms with Crippen LogP contribution in [-0.2, 0) is 11.3 Å². The predicted molar refractivity (Wildman–Crippen MR) is 99.3 cm³/mol. The van der Waals surface area contributed by atoms with Crippen molar-refractivity contribution < 1.29 is 9.72 Å². The molecule has 1 aromatic heterocycles. The van der Waals surface area contributed by atoms with Crippen LogP contribution < -0.4 is 5.32 Å². The van der Waals surface area contributed by atoms with Crippen molar-refractivity contribution >= 4 is 29.0 Å². The second kappa shape index (κ2) is 7.83. The van der Waals surface area contributed by atoms with Crippen LogP contribution in [0.5, 0.6) is 0 Å². The predicted octanol–water partition coefficient (Wildman–Crippen LogP) is 3.89. The van der Waals surface area contributed by atoms with Crippen LogP contribution in [0.2, 0.25) is 0 Å². The Hall–Kier alpha value is -3.13. The standard InChI is InChI=1S/C18H16N4O3S/c1-13-16(22(24)25)11-19-21(13)12-18(23)20-15-9-5-6-10-17(15)26-14-7-3-2-4-8-14/h2-11H,12H2,1H3,(H,20,23). The molecule has 1 amide bonds. The molecule has 3 aromatic rings. The summed E-state index contributed by atoms with van der Waals surface area (Å²) >= 11 is 1.55. The lowest BCUT2D eigenvalue weighted by molar-refractivity contribution is -0.385. The molecule has 0 fully saturated rings. The molecule has 1 heterocycles. The largest absolute Gasteiger partial charge is 0.323 e. The number of hydrogen-bond acceptors (Lipinski definition) is 5. The Bertz CT molecular complexity index is 941. The number of aromatic nitrogens is 2. The van der Waals surface area contributed by atoms with Gasteiger partial charge in [0.2, 0.25) is 5.91 Å². The van der Waals surface area contributed by atoms with Crippen molar-refractivity contribution in [1.29, 1.82) is 0 Å². The van der Waals surface area contributed by atoms with Gasteiger partial charge in [-0.15, -0.1) is 0 Å². The molecule has 132 valence electrons. The molecule has 0 saturated heterocycles. The minimum atomic E-state index is -0.511. The first-order valence-electron chi connectivity index (χ1n) is 7.83. The van der Waals surface area contributed by atoms with E-state index in [0.29, 0.717) is 11.4 Å². The molecule has 0 spiro atoms. The smallest absolute Gasteiger partial charge is 0.309 e. The molecule has 3 rings (SSSR count). The summed E-state index contributed by atoms with van der Waals surface area (Å²) in [6.45, 7) is 1.47. The van der Waals surface area contributed by atoms with Crippen LogP contribution >= 0.6 is 11.8 Å². The highest BCUT2D eigenvalue weighted by Crippen LogP contribution is 2.33. The zero-order chi connectivity index (χ0) is 18.5. The van der Waals surface area contributed by atoms with Gasteiger partial charge in [-0.1, -0.05) is 42.1 Å². The van der Waals surface area contributed by atoms with Crippen LogP contribution in [0.15, 0.2) is 70.6 Å². The number of hydrogen-bond donors (Lipinski definition) is 1. The van der Waals surface area contributed by atoms with Gasteiger partial charge in [0.15, 0.2) is 0 Å². The van der Waals surface area contributed by atoms with Crippen LogP contribution in [-0.4, -0.2) is 20.6 Å². The van der Waals surface area contributed by atoms with E-state index in [-0.39, 0.29) is 18.1 Å². The summed E-state index contributed by atoms with van der Waals surface area (Å²) in [5, 5.41) is 17.7. The van der Waals surface area contributed by atoms with E-state index in [9.17, 15) is 14.9 Å². The number of nitrogens with one attached hydrogen (secondary N) is 1. The van der Waals surface area contributed by atoms with E-state index in [2.05, 4.69) is 10.4 Å². The highest BCUT2D eigenvalue weighted by atomic mass is 32.2. The van der Waals surface area contributed by atoms with Crippen molar-refractivity contribution in [1.82, 2.24) is 9.78 Å². The topological polar surface area (TPSA) is 90.1 Å². The minimum absolute atomic E-state index is 0.0932. The van der Waals surface area contributed by atoms with E-state index < -0.39 is 4.92 Å². The average molecular weight is 368 g/mol. The SMILES string of the molecule is Cc1c([N+](=O)[O-])cnn1CC(=O)Nc1ccccc1Sc1ccccc1. The van der Waals surface area contributed by atoms with Gasteiger partial charge in [0, 0.05) is 9.79 Å². The van der Waals surface area contributed by atoms with Gasteiger partial charge in [-0.25, -0.2) is 0 Å². The third-order valence-electron chi connectivity index (χ3n) is 3.70. The van der Waals surface area contributed by atoms with Gasteiger partial charge in [0.1, 0.15) is 18.4 Å². The first-order chi connectivity index (χ1) is 12.5. The zero-order valence-corrected chi connectivity index (χ0v) is 14.8. The summed E-state index contributed by atoms with van der Waals surface area (Å²) in [5.74, 6) is -0.299. The molecular weight excluding hydrogens is 352 g/mol. The summed E-state index contributed by atoms with van der Waals surface area (Å²) in [6.07, 6.45) is 1.15. The molecule has 2 aromatic carbocycles. The van der Waals surface area contributed by atoms with E-state index in [4.69, 9.17) is 0 Å². The number of para-hydroxylation sites is 1. The number of nitro groups is 1. The Labute approximate surface area is 154 Å². The molecule has 8 heteroatoms. The number of amides is 1. The highest BCUT2D eigenvalue weighted by Gasteiger charge is 2.18. The van der Waals surface area contributed by atoms with Gasteiger partial charge in [0.05, 0.1) is 10.6 Å². The lowest BCUT2D eigenvalue weighted by atomic mass is 10.3. The Balaban J connectivity index is 1.73. The number of carbonyl (C=O) groups excluding carboxylic acids is 1. The molecule has 1 N–H and O–H groups in total. The van der Waals surface area contributed by atoms with E-state index in [1.54, 1.807) is 18.7 Å². The summed E-state index contributed by atoms with van der Waals surface area (Å²) in [6, 6.07) is 17.3. The number of nitrogens with zero attached hydrogens (tertiary/aromatic N) is 3. The van der Waals surface area contributed by atoms with E-state index >= 15 is 0 Å². The number of rotatable bonds is 6. The molecule has 7 nitrogen and oxygen atoms in total. The van der Waals surface area contributed by atoms with Crippen molar-refractivity contribution in [2.45, 2.75) is 23.3 Å². The van der Waals surface area contributed by atoms with E-state index in [1.165, 1.54) is 4.68 Å². The second-order valence-electron chi connectivity index (χ2n) is 5.49.